The maximum Gasteiger partial charge on any atom is 0.267 e. The lowest BCUT2D eigenvalue weighted by molar-refractivity contribution is -0.198. The number of hydrogen-bond donors (Lipinski definition) is 1. The Hall–Kier alpha value is -3.11. The van der Waals surface area contributed by atoms with E-state index >= 15 is 0 Å². The number of ether oxygens (including phenoxy) is 1. The molecule has 0 aromatic heterocycles. The molecule has 9 heteroatoms. The van der Waals surface area contributed by atoms with Gasteiger partial charge in [-0.3, -0.25) is 13.8 Å². The summed E-state index contributed by atoms with van der Waals surface area (Å²) in [7, 11) is -3.52. The molecule has 1 amide bonds. The lowest BCUT2D eigenvalue weighted by Crippen LogP contribution is -2.32. The first-order chi connectivity index (χ1) is 16.3. The molecule has 1 saturated heterocycles. The van der Waals surface area contributed by atoms with Crippen LogP contribution in [0.1, 0.15) is 46.3 Å². The predicted octanol–water partition coefficient (Wildman–Crippen LogP) is 3.65. The Balaban J connectivity index is 1.47. The monoisotopic (exact) mass is 485 g/mol. The van der Waals surface area contributed by atoms with Gasteiger partial charge in [-0.15, -0.1) is 0 Å². The predicted molar refractivity (Wildman–Crippen MR) is 128 cm³/mol. The summed E-state index contributed by atoms with van der Waals surface area (Å²) in [5.41, 5.74) is 5.14. The summed E-state index contributed by atoms with van der Waals surface area (Å²) in [6.07, 6.45) is 9.56. The molecular formula is C25H27NO7S. The van der Waals surface area contributed by atoms with Crippen molar-refractivity contribution in [2.75, 3.05) is 12.9 Å². The van der Waals surface area contributed by atoms with Gasteiger partial charge in [-0.05, 0) is 41.7 Å². The minimum absolute atomic E-state index is 0.0758. The van der Waals surface area contributed by atoms with E-state index in [1.807, 2.05) is 24.3 Å². The fraction of sp³-hybridized carbons (Fsp3) is 0.280. The first kappa shape index (κ1) is 25.5. The normalized spacial score (nSPS) is 16.7. The fourth-order valence-electron chi connectivity index (χ4n) is 3.06. The van der Waals surface area contributed by atoms with Gasteiger partial charge in [-0.1, -0.05) is 54.6 Å². The summed E-state index contributed by atoms with van der Waals surface area (Å²) >= 11 is 0. The number of benzene rings is 2. The number of rotatable bonds is 10. The molecule has 34 heavy (non-hydrogen) atoms. The first-order valence-corrected chi connectivity index (χ1v) is 12.6. The number of allylic oxidation sites excluding steroid dienone is 1. The van der Waals surface area contributed by atoms with Gasteiger partial charge in [0, 0.05) is 24.7 Å². The molecule has 1 atom stereocenters. The van der Waals surface area contributed by atoms with Crippen molar-refractivity contribution in [3.63, 3.8) is 0 Å². The van der Waals surface area contributed by atoms with E-state index in [1.165, 1.54) is 12.2 Å². The Bertz CT molecular complexity index is 1130. The molecule has 2 aromatic rings. The van der Waals surface area contributed by atoms with E-state index < -0.39 is 16.4 Å². The third-order valence-corrected chi connectivity index (χ3v) is 5.44. The molecule has 0 radical (unpaired) electrons. The van der Waals surface area contributed by atoms with Crippen molar-refractivity contribution in [1.82, 2.24) is 5.48 Å². The summed E-state index contributed by atoms with van der Waals surface area (Å²) < 4.78 is 32.2. The SMILES string of the molecule is CS(=O)(=O)OCc1ccc(C(=O)/C=C/c2ccc(/C=C/C(=O)NOC3CCCCO3)cc2)cc1. The Morgan fingerprint density at radius 1 is 1.00 bits per heavy atom. The number of hydrogen-bond acceptors (Lipinski definition) is 7. The molecule has 1 heterocycles. The summed E-state index contributed by atoms with van der Waals surface area (Å²) in [5.74, 6) is -0.559. The van der Waals surface area contributed by atoms with Crippen LogP contribution in [0.15, 0.2) is 60.7 Å². The largest absolute Gasteiger partial charge is 0.350 e. The second kappa shape index (κ2) is 12.4. The van der Waals surface area contributed by atoms with Crippen molar-refractivity contribution in [3.8, 4) is 0 Å². The van der Waals surface area contributed by atoms with Crippen LogP contribution in [0.5, 0.6) is 0 Å². The highest BCUT2D eigenvalue weighted by atomic mass is 32.2. The lowest BCUT2D eigenvalue weighted by Gasteiger charge is -2.21. The van der Waals surface area contributed by atoms with E-state index in [0.29, 0.717) is 17.7 Å². The van der Waals surface area contributed by atoms with Crippen molar-refractivity contribution in [2.45, 2.75) is 32.2 Å². The Morgan fingerprint density at radius 2 is 1.65 bits per heavy atom. The highest BCUT2D eigenvalue weighted by Gasteiger charge is 2.14. The molecule has 3 rings (SSSR count). The maximum absolute atomic E-state index is 12.4. The van der Waals surface area contributed by atoms with Crippen molar-refractivity contribution in [1.29, 1.82) is 0 Å². The zero-order valence-electron chi connectivity index (χ0n) is 18.8. The molecule has 0 saturated carbocycles. The zero-order chi connectivity index (χ0) is 24.4. The minimum Gasteiger partial charge on any atom is -0.350 e. The molecule has 1 aliphatic rings. The van der Waals surface area contributed by atoms with E-state index in [0.717, 1.165) is 36.6 Å². The van der Waals surface area contributed by atoms with Crippen LogP contribution in [0.4, 0.5) is 0 Å². The van der Waals surface area contributed by atoms with Gasteiger partial charge in [0.2, 0.25) is 0 Å². The van der Waals surface area contributed by atoms with E-state index in [-0.39, 0.29) is 18.3 Å². The number of amides is 1. The third kappa shape index (κ3) is 9.03. The van der Waals surface area contributed by atoms with Gasteiger partial charge < -0.3 is 4.74 Å². The minimum atomic E-state index is -3.52. The standard InChI is InChI=1S/C25H27NO7S/c1-34(29,30)32-18-21-9-13-22(14-10-21)23(27)15-11-19-5-7-20(8-6-19)12-16-24(28)26-33-25-4-2-3-17-31-25/h5-16,25H,2-4,17-18H2,1H3,(H,26,28)/b15-11+,16-12+. The molecule has 0 bridgehead atoms. The zero-order valence-corrected chi connectivity index (χ0v) is 19.6. The molecule has 8 nitrogen and oxygen atoms in total. The van der Waals surface area contributed by atoms with Gasteiger partial charge in [0.05, 0.1) is 12.9 Å². The van der Waals surface area contributed by atoms with Gasteiger partial charge in [0.25, 0.3) is 16.0 Å². The number of nitrogens with one attached hydrogen (secondary N) is 1. The summed E-state index contributed by atoms with van der Waals surface area (Å²) in [5, 5.41) is 0. The van der Waals surface area contributed by atoms with Crippen LogP contribution in [0, 0.1) is 0 Å². The highest BCUT2D eigenvalue weighted by Crippen LogP contribution is 2.13. The molecule has 1 unspecified atom stereocenters. The molecule has 1 aliphatic heterocycles. The molecule has 2 aromatic carbocycles. The average Bonchev–Trinajstić information content (AvgIpc) is 2.84. The van der Waals surface area contributed by atoms with Crippen LogP contribution in [-0.2, 0) is 35.3 Å². The van der Waals surface area contributed by atoms with Crippen LogP contribution in [0.25, 0.3) is 12.2 Å². The first-order valence-electron chi connectivity index (χ1n) is 10.8. The molecule has 0 spiro atoms. The molecular weight excluding hydrogens is 458 g/mol. The van der Waals surface area contributed by atoms with Crippen molar-refractivity contribution in [3.05, 3.63) is 82.9 Å². The van der Waals surface area contributed by atoms with Crippen molar-refractivity contribution < 1.29 is 31.8 Å². The third-order valence-electron chi connectivity index (χ3n) is 4.90. The van der Waals surface area contributed by atoms with Crippen LogP contribution in [0.2, 0.25) is 0 Å². The van der Waals surface area contributed by atoms with Gasteiger partial charge in [0.15, 0.2) is 12.1 Å². The number of ketones is 1. The lowest BCUT2D eigenvalue weighted by atomic mass is 10.1. The van der Waals surface area contributed by atoms with Gasteiger partial charge >= 0.3 is 0 Å². The average molecular weight is 486 g/mol. The smallest absolute Gasteiger partial charge is 0.267 e. The van der Waals surface area contributed by atoms with Crippen LogP contribution < -0.4 is 5.48 Å². The molecule has 180 valence electrons. The number of hydroxylamine groups is 1. The maximum atomic E-state index is 12.4. The highest BCUT2D eigenvalue weighted by molar-refractivity contribution is 7.85. The Morgan fingerprint density at radius 3 is 2.24 bits per heavy atom. The Labute approximate surface area is 199 Å². The second-order valence-electron chi connectivity index (χ2n) is 7.74. The summed E-state index contributed by atoms with van der Waals surface area (Å²) in [4.78, 5) is 29.5. The van der Waals surface area contributed by atoms with Crippen molar-refractivity contribution in [2.24, 2.45) is 0 Å². The van der Waals surface area contributed by atoms with Gasteiger partial charge in [0.1, 0.15) is 0 Å². The summed E-state index contributed by atoms with van der Waals surface area (Å²) in [6.45, 7) is 0.561. The van der Waals surface area contributed by atoms with Gasteiger partial charge in [-0.2, -0.15) is 8.42 Å². The Kier molecular flexibility index (Phi) is 9.29. The number of carbonyl (C=O) groups is 2. The topological polar surface area (TPSA) is 108 Å². The van der Waals surface area contributed by atoms with Gasteiger partial charge in [-0.25, -0.2) is 10.3 Å². The quantitative estimate of drug-likeness (QED) is 0.237. The van der Waals surface area contributed by atoms with Crippen LogP contribution in [0.3, 0.4) is 0 Å². The van der Waals surface area contributed by atoms with Crippen LogP contribution >= 0.6 is 0 Å². The van der Waals surface area contributed by atoms with E-state index in [1.54, 1.807) is 36.4 Å². The molecule has 0 aliphatic carbocycles. The fourth-order valence-corrected chi connectivity index (χ4v) is 3.41. The number of carbonyl (C=O) groups excluding carboxylic acids is 2. The van der Waals surface area contributed by atoms with E-state index in [4.69, 9.17) is 13.8 Å². The van der Waals surface area contributed by atoms with Crippen molar-refractivity contribution >= 4 is 34.0 Å². The molecule has 1 N–H and O–H groups in total. The van der Waals surface area contributed by atoms with Crippen LogP contribution in [-0.4, -0.2) is 39.3 Å². The molecule has 1 fully saturated rings. The summed E-state index contributed by atoms with van der Waals surface area (Å²) in [6, 6.07) is 13.9. The van der Waals surface area contributed by atoms with E-state index in [2.05, 4.69) is 5.48 Å². The van der Waals surface area contributed by atoms with E-state index in [9.17, 15) is 18.0 Å². The second-order valence-corrected chi connectivity index (χ2v) is 9.39.